The zero-order valence-corrected chi connectivity index (χ0v) is 16.5. The topological polar surface area (TPSA) is 74.2 Å². The standard InChI is InChI=1S/C23H28FN3O2/c24-21-14-17(16-7-12-25-13-8-16)3-4-20(21)23(9-5-19(28)6-10-23)27-22(29)18-2-1-11-26-15-18/h3-4,7-8,12-14,18-19,26,28H,1-2,5-6,9-11,15H2,(H,27,29)/t18-,19?,23?/m0/s1. The molecular formula is C23H28FN3O2. The van der Waals surface area contributed by atoms with Gasteiger partial charge in [0.2, 0.25) is 5.91 Å². The lowest BCUT2D eigenvalue weighted by Gasteiger charge is -2.41. The van der Waals surface area contributed by atoms with Crippen LogP contribution in [-0.4, -0.2) is 35.2 Å². The van der Waals surface area contributed by atoms with E-state index in [9.17, 15) is 9.90 Å². The predicted molar refractivity (Wildman–Crippen MR) is 110 cm³/mol. The monoisotopic (exact) mass is 397 g/mol. The zero-order valence-electron chi connectivity index (χ0n) is 16.5. The minimum atomic E-state index is -0.769. The van der Waals surface area contributed by atoms with E-state index in [0.717, 1.165) is 30.5 Å². The second kappa shape index (κ2) is 8.59. The van der Waals surface area contributed by atoms with Gasteiger partial charge in [-0.15, -0.1) is 0 Å². The fraction of sp³-hybridized carbons (Fsp3) is 0.478. The van der Waals surface area contributed by atoms with Crippen molar-refractivity contribution in [2.45, 2.75) is 50.2 Å². The van der Waals surface area contributed by atoms with Gasteiger partial charge in [-0.3, -0.25) is 9.78 Å². The smallest absolute Gasteiger partial charge is 0.225 e. The number of pyridine rings is 1. The number of halogens is 1. The van der Waals surface area contributed by atoms with Crippen molar-refractivity contribution in [2.24, 2.45) is 5.92 Å². The molecule has 0 unspecified atom stereocenters. The molecule has 0 bridgehead atoms. The first-order chi connectivity index (χ1) is 14.1. The second-order valence-corrected chi connectivity index (χ2v) is 8.28. The molecule has 29 heavy (non-hydrogen) atoms. The van der Waals surface area contributed by atoms with Crippen LogP contribution in [0.5, 0.6) is 0 Å². The lowest BCUT2D eigenvalue weighted by molar-refractivity contribution is -0.128. The highest BCUT2D eigenvalue weighted by Crippen LogP contribution is 2.40. The van der Waals surface area contributed by atoms with E-state index in [-0.39, 0.29) is 17.6 Å². The molecule has 1 aromatic heterocycles. The lowest BCUT2D eigenvalue weighted by atomic mass is 9.74. The summed E-state index contributed by atoms with van der Waals surface area (Å²) in [5.41, 5.74) is 1.42. The van der Waals surface area contributed by atoms with Gasteiger partial charge in [-0.2, -0.15) is 0 Å². The fourth-order valence-corrected chi connectivity index (χ4v) is 4.60. The molecule has 0 radical (unpaired) electrons. The van der Waals surface area contributed by atoms with E-state index >= 15 is 4.39 Å². The minimum Gasteiger partial charge on any atom is -0.393 e. The molecule has 1 amide bonds. The lowest BCUT2D eigenvalue weighted by Crippen LogP contribution is -2.53. The minimum absolute atomic E-state index is 0.0220. The molecule has 1 aliphatic carbocycles. The van der Waals surface area contributed by atoms with Crippen LogP contribution in [0, 0.1) is 11.7 Å². The van der Waals surface area contributed by atoms with Crippen LogP contribution in [0.15, 0.2) is 42.7 Å². The third-order valence-electron chi connectivity index (χ3n) is 6.34. The summed E-state index contributed by atoms with van der Waals surface area (Å²) in [6, 6.07) is 8.92. The summed E-state index contributed by atoms with van der Waals surface area (Å²) in [4.78, 5) is 17.0. The van der Waals surface area contributed by atoms with Gasteiger partial charge in [-0.05, 0) is 74.4 Å². The number of aliphatic hydroxyl groups is 1. The third kappa shape index (κ3) is 4.33. The predicted octanol–water partition coefficient (Wildman–Crippen LogP) is 3.13. The molecule has 1 aliphatic heterocycles. The molecule has 2 aromatic rings. The molecule has 6 heteroatoms. The van der Waals surface area contributed by atoms with Crippen LogP contribution >= 0.6 is 0 Å². The van der Waals surface area contributed by atoms with Crippen LogP contribution in [-0.2, 0) is 10.3 Å². The van der Waals surface area contributed by atoms with Crippen LogP contribution < -0.4 is 10.6 Å². The summed E-state index contributed by atoms with van der Waals surface area (Å²) < 4.78 is 15.3. The number of nitrogens with zero attached hydrogens (tertiary/aromatic N) is 1. The van der Waals surface area contributed by atoms with E-state index < -0.39 is 11.6 Å². The van der Waals surface area contributed by atoms with Crippen LogP contribution in [0.3, 0.4) is 0 Å². The Morgan fingerprint density at radius 1 is 1.14 bits per heavy atom. The molecule has 2 aliphatic rings. The van der Waals surface area contributed by atoms with Gasteiger partial charge >= 0.3 is 0 Å². The van der Waals surface area contributed by atoms with E-state index in [1.165, 1.54) is 6.07 Å². The van der Waals surface area contributed by atoms with Crippen molar-refractivity contribution >= 4 is 5.91 Å². The molecule has 2 heterocycles. The van der Waals surface area contributed by atoms with Gasteiger partial charge in [0, 0.05) is 24.5 Å². The number of benzene rings is 1. The number of hydrogen-bond acceptors (Lipinski definition) is 4. The Kier molecular flexibility index (Phi) is 5.92. The van der Waals surface area contributed by atoms with E-state index in [1.807, 2.05) is 18.2 Å². The Bertz CT molecular complexity index is 844. The van der Waals surface area contributed by atoms with Crippen LogP contribution in [0.25, 0.3) is 11.1 Å². The van der Waals surface area contributed by atoms with Crippen molar-refractivity contribution in [3.05, 3.63) is 54.1 Å². The molecule has 4 rings (SSSR count). The summed E-state index contributed by atoms with van der Waals surface area (Å²) in [5, 5.41) is 16.5. The molecule has 2 fully saturated rings. The fourth-order valence-electron chi connectivity index (χ4n) is 4.60. The maximum absolute atomic E-state index is 15.3. The van der Waals surface area contributed by atoms with Gasteiger partial charge in [-0.1, -0.05) is 12.1 Å². The Hall–Kier alpha value is -2.31. The highest BCUT2D eigenvalue weighted by Gasteiger charge is 2.41. The van der Waals surface area contributed by atoms with Crippen LogP contribution in [0.4, 0.5) is 4.39 Å². The Labute approximate surface area is 170 Å². The van der Waals surface area contributed by atoms with Crippen molar-refractivity contribution in [3.63, 3.8) is 0 Å². The zero-order chi connectivity index (χ0) is 20.3. The highest BCUT2D eigenvalue weighted by atomic mass is 19.1. The number of rotatable bonds is 4. The molecule has 3 N–H and O–H groups in total. The SMILES string of the molecule is O=C(NC1(c2ccc(-c3ccncc3)cc2F)CCC(O)CC1)[C@H]1CCCNC1. The molecule has 1 aromatic carbocycles. The molecule has 0 spiro atoms. The average Bonchev–Trinajstić information content (AvgIpc) is 2.76. The number of aliphatic hydroxyl groups excluding tert-OH is 1. The van der Waals surface area contributed by atoms with Gasteiger partial charge in [0.15, 0.2) is 0 Å². The van der Waals surface area contributed by atoms with Crippen LogP contribution in [0.2, 0.25) is 0 Å². The van der Waals surface area contributed by atoms with Gasteiger partial charge < -0.3 is 15.7 Å². The second-order valence-electron chi connectivity index (χ2n) is 8.28. The highest BCUT2D eigenvalue weighted by molar-refractivity contribution is 5.80. The molecule has 154 valence electrons. The molecule has 1 saturated heterocycles. The number of carbonyl (C=O) groups is 1. The van der Waals surface area contributed by atoms with Gasteiger partial charge in [0.25, 0.3) is 0 Å². The van der Waals surface area contributed by atoms with Crippen LogP contribution in [0.1, 0.15) is 44.1 Å². The molecule has 5 nitrogen and oxygen atoms in total. The van der Waals surface area contributed by atoms with E-state index in [0.29, 0.717) is 37.8 Å². The average molecular weight is 397 g/mol. The van der Waals surface area contributed by atoms with Gasteiger partial charge in [-0.25, -0.2) is 4.39 Å². The number of aromatic nitrogens is 1. The van der Waals surface area contributed by atoms with Crippen molar-refractivity contribution in [2.75, 3.05) is 13.1 Å². The number of amides is 1. The number of piperidine rings is 1. The first-order valence-electron chi connectivity index (χ1n) is 10.5. The number of hydrogen-bond donors (Lipinski definition) is 3. The van der Waals surface area contributed by atoms with Crippen molar-refractivity contribution in [1.29, 1.82) is 0 Å². The Morgan fingerprint density at radius 3 is 2.55 bits per heavy atom. The summed E-state index contributed by atoms with van der Waals surface area (Å²) in [7, 11) is 0. The first-order valence-corrected chi connectivity index (χ1v) is 10.5. The maximum atomic E-state index is 15.3. The maximum Gasteiger partial charge on any atom is 0.225 e. The summed E-state index contributed by atoms with van der Waals surface area (Å²) >= 11 is 0. The van der Waals surface area contributed by atoms with E-state index in [2.05, 4.69) is 15.6 Å². The molecule has 1 saturated carbocycles. The Balaban J connectivity index is 1.63. The molecule has 1 atom stereocenters. The van der Waals surface area contributed by atoms with Gasteiger partial charge in [0.05, 0.1) is 17.6 Å². The normalized spacial score (nSPS) is 27.4. The summed E-state index contributed by atoms with van der Waals surface area (Å²) in [5.74, 6) is -0.435. The van der Waals surface area contributed by atoms with E-state index in [1.54, 1.807) is 18.5 Å². The summed E-state index contributed by atoms with van der Waals surface area (Å²) in [6.45, 7) is 1.60. The molecular weight excluding hydrogens is 369 g/mol. The summed E-state index contributed by atoms with van der Waals surface area (Å²) in [6.07, 6.45) is 6.96. The van der Waals surface area contributed by atoms with Crippen molar-refractivity contribution in [1.82, 2.24) is 15.6 Å². The Morgan fingerprint density at radius 2 is 1.90 bits per heavy atom. The van der Waals surface area contributed by atoms with Gasteiger partial charge in [0.1, 0.15) is 5.82 Å². The van der Waals surface area contributed by atoms with E-state index in [4.69, 9.17) is 0 Å². The number of carbonyl (C=O) groups excluding carboxylic acids is 1. The largest absolute Gasteiger partial charge is 0.393 e. The van der Waals surface area contributed by atoms with Crippen molar-refractivity contribution in [3.8, 4) is 11.1 Å². The van der Waals surface area contributed by atoms with Crippen molar-refractivity contribution < 1.29 is 14.3 Å². The number of nitrogens with one attached hydrogen (secondary N) is 2. The quantitative estimate of drug-likeness (QED) is 0.741. The third-order valence-corrected chi connectivity index (χ3v) is 6.34. The first kappa shape index (κ1) is 20.0.